The number of fused-ring (bicyclic) bond motifs is 1. The maximum Gasteiger partial charge on any atom is 0.257 e. The van der Waals surface area contributed by atoms with Crippen LogP contribution >= 0.6 is 11.3 Å². The van der Waals surface area contributed by atoms with E-state index in [1.165, 1.54) is 39.3 Å². The standard InChI is InChI=1S/C24H26N4O3S2/c1-27-10-12-28(13-11-27)33(30,31)21-7-3-6-20(15-21)23(29)26-24-25-22(16-32-24)19-9-8-17-4-2-5-18(17)14-19/h3,6-9,14-16H,2,4-5,10-13H2,1H3,(H,25,26,29). The van der Waals surface area contributed by atoms with Crippen LogP contribution in [0.1, 0.15) is 27.9 Å². The zero-order valence-corrected chi connectivity index (χ0v) is 20.1. The van der Waals surface area contributed by atoms with Gasteiger partial charge in [-0.3, -0.25) is 10.1 Å². The average molecular weight is 483 g/mol. The van der Waals surface area contributed by atoms with E-state index < -0.39 is 10.0 Å². The Morgan fingerprint density at radius 1 is 1.03 bits per heavy atom. The molecule has 1 amide bonds. The molecule has 0 bridgehead atoms. The third-order valence-electron chi connectivity index (χ3n) is 6.32. The predicted octanol–water partition coefficient (Wildman–Crippen LogP) is 3.49. The lowest BCUT2D eigenvalue weighted by Gasteiger charge is -2.31. The van der Waals surface area contributed by atoms with Gasteiger partial charge in [0.2, 0.25) is 10.0 Å². The van der Waals surface area contributed by atoms with Crippen molar-refractivity contribution in [2.24, 2.45) is 0 Å². The van der Waals surface area contributed by atoms with Crippen molar-refractivity contribution in [3.05, 3.63) is 64.5 Å². The van der Waals surface area contributed by atoms with Crippen LogP contribution in [0.5, 0.6) is 0 Å². The highest BCUT2D eigenvalue weighted by atomic mass is 32.2. The zero-order chi connectivity index (χ0) is 23.0. The van der Waals surface area contributed by atoms with E-state index in [4.69, 9.17) is 0 Å². The number of aryl methyl sites for hydroxylation is 2. The van der Waals surface area contributed by atoms with Crippen LogP contribution in [0.15, 0.2) is 52.7 Å². The van der Waals surface area contributed by atoms with E-state index in [0.29, 0.717) is 36.9 Å². The molecule has 1 aliphatic heterocycles. The topological polar surface area (TPSA) is 82.6 Å². The van der Waals surface area contributed by atoms with Gasteiger partial charge in [-0.2, -0.15) is 4.31 Å². The maximum absolute atomic E-state index is 13.0. The molecule has 2 aliphatic rings. The van der Waals surface area contributed by atoms with Gasteiger partial charge in [-0.25, -0.2) is 13.4 Å². The molecule has 1 aromatic heterocycles. The monoisotopic (exact) mass is 482 g/mol. The third kappa shape index (κ3) is 4.59. The van der Waals surface area contributed by atoms with E-state index in [9.17, 15) is 13.2 Å². The molecule has 1 saturated heterocycles. The number of hydrogen-bond donors (Lipinski definition) is 1. The van der Waals surface area contributed by atoms with Crippen LogP contribution in [0.2, 0.25) is 0 Å². The number of anilines is 1. The summed E-state index contributed by atoms with van der Waals surface area (Å²) in [6.07, 6.45) is 3.43. The van der Waals surface area contributed by atoms with Crippen molar-refractivity contribution in [1.29, 1.82) is 0 Å². The van der Waals surface area contributed by atoms with Gasteiger partial charge in [0.15, 0.2) is 5.13 Å². The van der Waals surface area contributed by atoms with Crippen LogP contribution in [0.3, 0.4) is 0 Å². The zero-order valence-electron chi connectivity index (χ0n) is 18.5. The Bertz CT molecular complexity index is 1290. The van der Waals surface area contributed by atoms with Gasteiger partial charge >= 0.3 is 0 Å². The molecule has 5 rings (SSSR count). The minimum Gasteiger partial charge on any atom is -0.304 e. The molecule has 3 aromatic rings. The van der Waals surface area contributed by atoms with Crippen molar-refractivity contribution in [2.45, 2.75) is 24.2 Å². The minimum absolute atomic E-state index is 0.137. The summed E-state index contributed by atoms with van der Waals surface area (Å²) >= 11 is 1.36. The summed E-state index contributed by atoms with van der Waals surface area (Å²) in [5, 5.41) is 5.24. The Balaban J connectivity index is 1.31. The highest BCUT2D eigenvalue weighted by molar-refractivity contribution is 7.89. The van der Waals surface area contributed by atoms with Crippen molar-refractivity contribution in [3.63, 3.8) is 0 Å². The predicted molar refractivity (Wildman–Crippen MR) is 130 cm³/mol. The second-order valence-electron chi connectivity index (χ2n) is 8.56. The van der Waals surface area contributed by atoms with E-state index in [1.54, 1.807) is 18.2 Å². The van der Waals surface area contributed by atoms with Gasteiger partial charge in [0.1, 0.15) is 0 Å². The lowest BCUT2D eigenvalue weighted by Crippen LogP contribution is -2.47. The molecular formula is C24H26N4O3S2. The lowest BCUT2D eigenvalue weighted by molar-refractivity contribution is 0.102. The normalized spacial score (nSPS) is 17.1. The van der Waals surface area contributed by atoms with Gasteiger partial charge in [-0.15, -0.1) is 11.3 Å². The van der Waals surface area contributed by atoms with Crippen molar-refractivity contribution in [3.8, 4) is 11.3 Å². The molecule has 0 radical (unpaired) electrons. The SMILES string of the molecule is CN1CCN(S(=O)(=O)c2cccc(C(=O)Nc3nc(-c4ccc5c(c4)CCC5)cs3)c2)CC1. The summed E-state index contributed by atoms with van der Waals surface area (Å²) in [5.74, 6) is -0.375. The number of likely N-dealkylation sites (N-methyl/N-ethyl adjacent to an activating group) is 1. The maximum atomic E-state index is 13.0. The number of nitrogens with zero attached hydrogens (tertiary/aromatic N) is 3. The first-order valence-electron chi connectivity index (χ1n) is 11.1. The van der Waals surface area contributed by atoms with Gasteiger partial charge < -0.3 is 4.90 Å². The van der Waals surface area contributed by atoms with E-state index >= 15 is 0 Å². The average Bonchev–Trinajstić information content (AvgIpc) is 3.48. The molecule has 9 heteroatoms. The Kier molecular flexibility index (Phi) is 6.05. The first-order valence-corrected chi connectivity index (χ1v) is 13.4. The van der Waals surface area contributed by atoms with E-state index in [2.05, 4.69) is 33.4 Å². The fourth-order valence-electron chi connectivity index (χ4n) is 4.34. The Morgan fingerprint density at radius 3 is 2.64 bits per heavy atom. The van der Waals surface area contributed by atoms with Crippen LogP contribution in [0.25, 0.3) is 11.3 Å². The molecule has 0 saturated carbocycles. The summed E-state index contributed by atoms with van der Waals surface area (Å²) < 4.78 is 27.5. The minimum atomic E-state index is -3.64. The van der Waals surface area contributed by atoms with Gasteiger partial charge in [0, 0.05) is 42.7 Å². The number of amides is 1. The number of benzene rings is 2. The number of carbonyl (C=O) groups excluding carboxylic acids is 1. The number of thiazole rings is 1. The second-order valence-corrected chi connectivity index (χ2v) is 11.4. The number of piperazine rings is 1. The highest BCUT2D eigenvalue weighted by Gasteiger charge is 2.28. The Hall–Kier alpha value is -2.59. The number of nitrogens with one attached hydrogen (secondary N) is 1. The third-order valence-corrected chi connectivity index (χ3v) is 8.97. The smallest absolute Gasteiger partial charge is 0.257 e. The highest BCUT2D eigenvalue weighted by Crippen LogP contribution is 2.30. The van der Waals surface area contributed by atoms with Gasteiger partial charge in [0.25, 0.3) is 5.91 Å². The van der Waals surface area contributed by atoms with Gasteiger partial charge in [-0.05, 0) is 61.7 Å². The largest absolute Gasteiger partial charge is 0.304 e. The Morgan fingerprint density at radius 2 is 1.82 bits per heavy atom. The number of hydrogen-bond acceptors (Lipinski definition) is 6. The first-order chi connectivity index (χ1) is 15.9. The molecule has 7 nitrogen and oxygen atoms in total. The number of sulfonamides is 1. The number of aromatic nitrogens is 1. The number of carbonyl (C=O) groups is 1. The molecule has 1 aliphatic carbocycles. The van der Waals surface area contributed by atoms with Crippen LogP contribution in [0.4, 0.5) is 5.13 Å². The molecule has 1 N–H and O–H groups in total. The number of rotatable bonds is 5. The lowest BCUT2D eigenvalue weighted by atomic mass is 10.1. The molecule has 2 aromatic carbocycles. The van der Waals surface area contributed by atoms with Crippen LogP contribution in [0, 0.1) is 0 Å². The van der Waals surface area contributed by atoms with E-state index in [-0.39, 0.29) is 10.8 Å². The quantitative estimate of drug-likeness (QED) is 0.602. The van der Waals surface area contributed by atoms with Crippen molar-refractivity contribution >= 4 is 32.4 Å². The molecular weight excluding hydrogens is 456 g/mol. The second kappa shape index (κ2) is 8.98. The summed E-state index contributed by atoms with van der Waals surface area (Å²) in [6.45, 7) is 2.27. The summed E-state index contributed by atoms with van der Waals surface area (Å²) in [7, 11) is -1.66. The first kappa shape index (κ1) is 22.2. The van der Waals surface area contributed by atoms with Crippen LogP contribution in [-0.2, 0) is 22.9 Å². The fourth-order valence-corrected chi connectivity index (χ4v) is 6.52. The van der Waals surface area contributed by atoms with E-state index in [0.717, 1.165) is 24.1 Å². The molecule has 0 unspecified atom stereocenters. The molecule has 0 atom stereocenters. The molecule has 0 spiro atoms. The van der Waals surface area contributed by atoms with Crippen molar-refractivity contribution in [1.82, 2.24) is 14.2 Å². The summed E-state index contributed by atoms with van der Waals surface area (Å²) in [5.41, 5.74) is 4.96. The Labute approximate surface area is 198 Å². The molecule has 172 valence electrons. The van der Waals surface area contributed by atoms with Crippen LogP contribution < -0.4 is 5.32 Å². The molecule has 2 heterocycles. The summed E-state index contributed by atoms with van der Waals surface area (Å²) in [6, 6.07) is 12.6. The van der Waals surface area contributed by atoms with Crippen LogP contribution in [-0.4, -0.2) is 61.7 Å². The van der Waals surface area contributed by atoms with Crippen molar-refractivity contribution in [2.75, 3.05) is 38.5 Å². The molecule has 33 heavy (non-hydrogen) atoms. The summed E-state index contributed by atoms with van der Waals surface area (Å²) in [4.78, 5) is 19.7. The molecule has 1 fully saturated rings. The van der Waals surface area contributed by atoms with Gasteiger partial charge in [0.05, 0.1) is 10.6 Å². The van der Waals surface area contributed by atoms with E-state index in [1.807, 2.05) is 12.4 Å². The van der Waals surface area contributed by atoms with Crippen molar-refractivity contribution < 1.29 is 13.2 Å². The van der Waals surface area contributed by atoms with Gasteiger partial charge in [-0.1, -0.05) is 18.2 Å². The fraction of sp³-hybridized carbons (Fsp3) is 0.333.